The summed E-state index contributed by atoms with van der Waals surface area (Å²) >= 11 is 0. The van der Waals surface area contributed by atoms with Gasteiger partial charge in [0.25, 0.3) is 0 Å². The van der Waals surface area contributed by atoms with Gasteiger partial charge < -0.3 is 29.7 Å². The van der Waals surface area contributed by atoms with Crippen LogP contribution in [0.1, 0.15) is 46.1 Å². The number of hydrogen-bond acceptors (Lipinski definition) is 7. The van der Waals surface area contributed by atoms with E-state index in [1.54, 1.807) is 27.7 Å². The number of hydrogen-bond donors (Lipinski definition) is 2. The summed E-state index contributed by atoms with van der Waals surface area (Å²) in [7, 11) is 0. The van der Waals surface area contributed by atoms with Gasteiger partial charge in [-0.2, -0.15) is 0 Å². The molecule has 0 bridgehead atoms. The molecule has 1 aliphatic heterocycles. The van der Waals surface area contributed by atoms with Crippen LogP contribution in [0.25, 0.3) is 0 Å². The number of alkyl carbamates (subject to hydrolysis) is 2. The van der Waals surface area contributed by atoms with Crippen LogP contribution in [-0.2, 0) is 30.4 Å². The van der Waals surface area contributed by atoms with E-state index in [0.717, 1.165) is 5.56 Å². The molecule has 33 heavy (non-hydrogen) atoms. The van der Waals surface area contributed by atoms with E-state index in [0.29, 0.717) is 6.42 Å². The number of likely N-dealkylation sites (tertiary alicyclic amines) is 1. The first-order valence-electron chi connectivity index (χ1n) is 11.0. The molecule has 0 saturated carbocycles. The highest BCUT2D eigenvalue weighted by Crippen LogP contribution is 2.16. The second-order valence-corrected chi connectivity index (χ2v) is 8.69. The number of carbonyl (C=O) groups is 4. The average molecular weight is 464 g/mol. The second-order valence-electron chi connectivity index (χ2n) is 8.69. The number of nitrogens with one attached hydrogen (secondary N) is 2. The molecule has 2 rings (SSSR count). The van der Waals surface area contributed by atoms with Gasteiger partial charge in [0.2, 0.25) is 5.91 Å². The Kier molecular flexibility index (Phi) is 9.50. The van der Waals surface area contributed by atoms with Crippen molar-refractivity contribution in [3.8, 4) is 0 Å². The molecule has 1 saturated heterocycles. The monoisotopic (exact) mass is 463 g/mol. The first kappa shape index (κ1) is 26.0. The Morgan fingerprint density at radius 1 is 1.06 bits per heavy atom. The molecular formula is C23H33N3O7. The summed E-state index contributed by atoms with van der Waals surface area (Å²) in [6, 6.07) is 7.67. The first-order chi connectivity index (χ1) is 15.6. The van der Waals surface area contributed by atoms with Crippen LogP contribution in [0.5, 0.6) is 0 Å². The molecule has 0 spiro atoms. The fourth-order valence-electron chi connectivity index (χ4n) is 3.30. The SMILES string of the molecule is CCOC(=O)CN1CC[C@@H](NC(=O)OC(C)(C)C)C[C@H](NC(=O)OCc2ccccc2)C1=O. The fourth-order valence-corrected chi connectivity index (χ4v) is 3.30. The van der Waals surface area contributed by atoms with Crippen LogP contribution in [0.15, 0.2) is 30.3 Å². The fraction of sp³-hybridized carbons (Fsp3) is 0.565. The highest BCUT2D eigenvalue weighted by molar-refractivity contribution is 5.88. The molecule has 1 aliphatic rings. The van der Waals surface area contributed by atoms with E-state index in [1.807, 2.05) is 30.3 Å². The topological polar surface area (TPSA) is 123 Å². The maximum absolute atomic E-state index is 13.1. The number of rotatable bonds is 7. The van der Waals surface area contributed by atoms with Gasteiger partial charge in [0.1, 0.15) is 24.8 Å². The predicted octanol–water partition coefficient (Wildman–Crippen LogP) is 2.36. The molecule has 2 N–H and O–H groups in total. The van der Waals surface area contributed by atoms with Gasteiger partial charge in [0.05, 0.1) is 6.61 Å². The maximum Gasteiger partial charge on any atom is 0.408 e. The molecule has 1 heterocycles. The Morgan fingerprint density at radius 2 is 1.76 bits per heavy atom. The molecule has 2 atom stereocenters. The van der Waals surface area contributed by atoms with Crippen molar-refractivity contribution in [1.82, 2.24) is 15.5 Å². The predicted molar refractivity (Wildman–Crippen MR) is 119 cm³/mol. The summed E-state index contributed by atoms with van der Waals surface area (Å²) in [5, 5.41) is 5.32. The standard InChI is InChI=1S/C23H33N3O7/c1-5-31-19(27)14-26-12-11-17(24-22(30)33-23(2,3)4)13-18(20(26)28)25-21(29)32-15-16-9-7-6-8-10-16/h6-10,17-18H,5,11-15H2,1-4H3,(H,24,30)(H,25,29)/t17-,18+/m1/s1. The van der Waals surface area contributed by atoms with E-state index >= 15 is 0 Å². The average Bonchev–Trinajstić information content (AvgIpc) is 2.86. The number of carbonyl (C=O) groups excluding carboxylic acids is 4. The summed E-state index contributed by atoms with van der Waals surface area (Å²) in [6.45, 7) is 7.11. The summed E-state index contributed by atoms with van der Waals surface area (Å²) in [4.78, 5) is 50.9. The van der Waals surface area contributed by atoms with Gasteiger partial charge in [0, 0.05) is 12.6 Å². The molecule has 3 amide bonds. The van der Waals surface area contributed by atoms with Crippen LogP contribution < -0.4 is 10.6 Å². The van der Waals surface area contributed by atoms with Gasteiger partial charge in [0.15, 0.2) is 0 Å². The smallest absolute Gasteiger partial charge is 0.408 e. The zero-order valence-electron chi connectivity index (χ0n) is 19.6. The van der Waals surface area contributed by atoms with Crippen molar-refractivity contribution in [2.75, 3.05) is 19.7 Å². The highest BCUT2D eigenvalue weighted by Gasteiger charge is 2.35. The molecule has 0 aliphatic carbocycles. The van der Waals surface area contributed by atoms with E-state index in [4.69, 9.17) is 14.2 Å². The van der Waals surface area contributed by atoms with E-state index < -0.39 is 41.7 Å². The zero-order chi connectivity index (χ0) is 24.4. The lowest BCUT2D eigenvalue weighted by molar-refractivity contribution is -0.149. The Labute approximate surface area is 193 Å². The Morgan fingerprint density at radius 3 is 2.39 bits per heavy atom. The largest absolute Gasteiger partial charge is 0.465 e. The quantitative estimate of drug-likeness (QED) is 0.470. The van der Waals surface area contributed by atoms with E-state index in [1.165, 1.54) is 4.90 Å². The lowest BCUT2D eigenvalue weighted by Gasteiger charge is -2.24. The van der Waals surface area contributed by atoms with Crippen LogP contribution in [0.4, 0.5) is 9.59 Å². The van der Waals surface area contributed by atoms with Crippen molar-refractivity contribution in [1.29, 1.82) is 0 Å². The van der Waals surface area contributed by atoms with Crippen LogP contribution >= 0.6 is 0 Å². The minimum atomic E-state index is -0.995. The first-order valence-corrected chi connectivity index (χ1v) is 11.0. The van der Waals surface area contributed by atoms with E-state index in [9.17, 15) is 19.2 Å². The number of esters is 1. The van der Waals surface area contributed by atoms with Crippen LogP contribution in [0.2, 0.25) is 0 Å². The molecule has 10 heteroatoms. The summed E-state index contributed by atoms with van der Waals surface area (Å²) < 4.78 is 15.5. The van der Waals surface area contributed by atoms with Gasteiger partial charge in [-0.05, 0) is 46.1 Å². The van der Waals surface area contributed by atoms with E-state index in [-0.39, 0.29) is 32.7 Å². The molecule has 0 radical (unpaired) electrons. The number of ether oxygens (including phenoxy) is 3. The lowest BCUT2D eigenvalue weighted by Crippen LogP contribution is -2.50. The van der Waals surface area contributed by atoms with Crippen molar-refractivity contribution < 1.29 is 33.4 Å². The van der Waals surface area contributed by atoms with Crippen molar-refractivity contribution in [2.45, 2.75) is 64.8 Å². The highest BCUT2D eigenvalue weighted by atomic mass is 16.6. The Balaban J connectivity index is 2.06. The maximum atomic E-state index is 13.1. The molecule has 1 aromatic carbocycles. The zero-order valence-corrected chi connectivity index (χ0v) is 19.6. The van der Waals surface area contributed by atoms with Crippen molar-refractivity contribution >= 4 is 24.1 Å². The van der Waals surface area contributed by atoms with Gasteiger partial charge in [-0.25, -0.2) is 9.59 Å². The molecule has 182 valence electrons. The summed E-state index contributed by atoms with van der Waals surface area (Å²) in [6.07, 6.45) is -0.894. The molecule has 0 aromatic heterocycles. The van der Waals surface area contributed by atoms with Crippen molar-refractivity contribution in [3.05, 3.63) is 35.9 Å². The minimum Gasteiger partial charge on any atom is -0.465 e. The summed E-state index contributed by atoms with van der Waals surface area (Å²) in [5.74, 6) is -0.997. The third-order valence-corrected chi connectivity index (χ3v) is 4.73. The molecular weight excluding hydrogens is 430 g/mol. The normalized spacial score (nSPS) is 18.7. The third-order valence-electron chi connectivity index (χ3n) is 4.73. The summed E-state index contributed by atoms with van der Waals surface area (Å²) in [5.41, 5.74) is 0.118. The lowest BCUT2D eigenvalue weighted by atomic mass is 10.1. The van der Waals surface area contributed by atoms with Gasteiger partial charge in [-0.3, -0.25) is 9.59 Å². The Bertz CT molecular complexity index is 823. The molecule has 1 aromatic rings. The van der Waals surface area contributed by atoms with Gasteiger partial charge >= 0.3 is 18.2 Å². The third kappa shape index (κ3) is 9.38. The van der Waals surface area contributed by atoms with Crippen molar-refractivity contribution in [3.63, 3.8) is 0 Å². The number of benzene rings is 1. The second kappa shape index (κ2) is 12.1. The Hall–Kier alpha value is -3.30. The van der Waals surface area contributed by atoms with E-state index in [2.05, 4.69) is 10.6 Å². The van der Waals surface area contributed by atoms with Gasteiger partial charge in [-0.1, -0.05) is 30.3 Å². The number of amides is 3. The van der Waals surface area contributed by atoms with Crippen LogP contribution in [0.3, 0.4) is 0 Å². The van der Waals surface area contributed by atoms with Crippen molar-refractivity contribution in [2.24, 2.45) is 0 Å². The van der Waals surface area contributed by atoms with Gasteiger partial charge in [-0.15, -0.1) is 0 Å². The molecule has 1 fully saturated rings. The van der Waals surface area contributed by atoms with Crippen LogP contribution in [0, 0.1) is 0 Å². The molecule has 10 nitrogen and oxygen atoms in total. The molecule has 0 unspecified atom stereocenters. The minimum absolute atomic E-state index is 0.0414. The van der Waals surface area contributed by atoms with Crippen LogP contribution in [-0.4, -0.2) is 66.3 Å². The number of nitrogens with zero attached hydrogens (tertiary/aromatic N) is 1.